The number of hydrogen-bond acceptors (Lipinski definition) is 3. The number of benzene rings is 1. The summed E-state index contributed by atoms with van der Waals surface area (Å²) in [7, 11) is 0. The summed E-state index contributed by atoms with van der Waals surface area (Å²) in [6.07, 6.45) is 0. The summed E-state index contributed by atoms with van der Waals surface area (Å²) in [6.45, 7) is 7.25. The maximum Gasteiger partial charge on any atom is 0.238 e. The van der Waals surface area contributed by atoms with Crippen LogP contribution in [0.1, 0.15) is 12.5 Å². The second-order valence-corrected chi connectivity index (χ2v) is 5.51. The zero-order valence-corrected chi connectivity index (χ0v) is 13.4. The van der Waals surface area contributed by atoms with Gasteiger partial charge in [-0.15, -0.1) is 12.4 Å². The minimum Gasteiger partial charge on any atom is -0.325 e. The van der Waals surface area contributed by atoms with Gasteiger partial charge in [-0.2, -0.15) is 0 Å². The molecule has 4 nitrogen and oxygen atoms in total. The molecule has 1 aliphatic rings. The second kappa shape index (κ2) is 7.84. The third-order valence-corrected chi connectivity index (χ3v) is 3.68. The molecule has 0 aromatic heterocycles. The van der Waals surface area contributed by atoms with Crippen LogP contribution in [0.2, 0.25) is 5.02 Å². The first-order chi connectivity index (χ1) is 9.04. The van der Waals surface area contributed by atoms with Crippen molar-refractivity contribution in [2.75, 3.05) is 31.5 Å². The average molecular weight is 318 g/mol. The number of nitrogens with zero attached hydrogens (tertiary/aromatic N) is 1. The predicted molar refractivity (Wildman–Crippen MR) is 86.0 cm³/mol. The molecule has 2 rings (SSSR count). The predicted octanol–water partition coefficient (Wildman–Crippen LogP) is 2.30. The van der Waals surface area contributed by atoms with Crippen molar-refractivity contribution in [2.45, 2.75) is 19.9 Å². The highest BCUT2D eigenvalue weighted by Crippen LogP contribution is 2.19. The van der Waals surface area contributed by atoms with Crippen LogP contribution < -0.4 is 10.6 Å². The van der Waals surface area contributed by atoms with E-state index in [1.165, 1.54) is 0 Å². The molecule has 1 atom stereocenters. The van der Waals surface area contributed by atoms with E-state index < -0.39 is 0 Å². The van der Waals surface area contributed by atoms with Crippen molar-refractivity contribution in [3.05, 3.63) is 28.8 Å². The summed E-state index contributed by atoms with van der Waals surface area (Å²) in [5.74, 6) is 0.00835. The molecule has 20 heavy (non-hydrogen) atoms. The molecular weight excluding hydrogens is 297 g/mol. The molecule has 0 aliphatic carbocycles. The zero-order valence-electron chi connectivity index (χ0n) is 11.8. The van der Waals surface area contributed by atoms with Gasteiger partial charge < -0.3 is 10.6 Å². The van der Waals surface area contributed by atoms with Gasteiger partial charge in [0.05, 0.1) is 6.54 Å². The smallest absolute Gasteiger partial charge is 0.238 e. The molecule has 2 N–H and O–H groups in total. The fourth-order valence-electron chi connectivity index (χ4n) is 2.23. The number of piperazine rings is 1. The van der Waals surface area contributed by atoms with E-state index in [0.29, 0.717) is 17.6 Å². The third kappa shape index (κ3) is 4.94. The minimum absolute atomic E-state index is 0. The van der Waals surface area contributed by atoms with E-state index in [4.69, 9.17) is 11.6 Å². The molecule has 1 aromatic carbocycles. The van der Waals surface area contributed by atoms with Crippen LogP contribution in [0.15, 0.2) is 18.2 Å². The van der Waals surface area contributed by atoms with Crippen LogP contribution in [0.25, 0.3) is 0 Å². The van der Waals surface area contributed by atoms with E-state index in [1.807, 2.05) is 19.1 Å². The van der Waals surface area contributed by atoms with Gasteiger partial charge in [-0.3, -0.25) is 9.69 Å². The molecule has 1 unspecified atom stereocenters. The summed E-state index contributed by atoms with van der Waals surface area (Å²) in [4.78, 5) is 14.1. The Morgan fingerprint density at radius 1 is 1.55 bits per heavy atom. The normalized spacial score (nSPS) is 19.2. The highest BCUT2D eigenvalue weighted by Gasteiger charge is 2.17. The number of rotatable bonds is 3. The van der Waals surface area contributed by atoms with Crippen molar-refractivity contribution in [3.63, 3.8) is 0 Å². The molecule has 0 saturated carbocycles. The summed E-state index contributed by atoms with van der Waals surface area (Å²) < 4.78 is 0. The molecule has 1 aliphatic heterocycles. The average Bonchev–Trinajstić information content (AvgIpc) is 2.34. The van der Waals surface area contributed by atoms with Crippen LogP contribution in [0, 0.1) is 6.92 Å². The Morgan fingerprint density at radius 3 is 2.95 bits per heavy atom. The maximum atomic E-state index is 12.0. The van der Waals surface area contributed by atoms with Gasteiger partial charge in [-0.1, -0.05) is 17.7 Å². The van der Waals surface area contributed by atoms with Crippen molar-refractivity contribution < 1.29 is 4.79 Å². The topological polar surface area (TPSA) is 44.4 Å². The molecular formula is C14H21Cl2N3O. The fourth-order valence-corrected chi connectivity index (χ4v) is 2.41. The number of amides is 1. The van der Waals surface area contributed by atoms with Crippen molar-refractivity contribution in [3.8, 4) is 0 Å². The summed E-state index contributed by atoms with van der Waals surface area (Å²) in [6, 6.07) is 6.01. The van der Waals surface area contributed by atoms with Crippen molar-refractivity contribution >= 4 is 35.6 Å². The Hall–Kier alpha value is -0.810. The molecule has 0 spiro atoms. The second-order valence-electron chi connectivity index (χ2n) is 5.10. The standard InChI is InChI=1S/C14H20ClN3O.ClH/c1-10-3-4-12(7-13(10)15)17-14(19)9-18-6-5-16-11(2)8-18;/h3-4,7,11,16H,5-6,8-9H2,1-2H3,(H,17,19);1H. The summed E-state index contributed by atoms with van der Waals surface area (Å²) >= 11 is 6.04. The SMILES string of the molecule is Cc1ccc(NC(=O)CN2CCNC(C)C2)cc1Cl.Cl. The van der Waals surface area contributed by atoms with Crippen LogP contribution in [0.4, 0.5) is 5.69 Å². The Balaban J connectivity index is 0.00000200. The molecule has 1 fully saturated rings. The fraction of sp³-hybridized carbons (Fsp3) is 0.500. The van der Waals surface area contributed by atoms with Crippen LogP contribution in [-0.2, 0) is 4.79 Å². The Kier molecular flexibility index (Phi) is 6.76. The Morgan fingerprint density at radius 2 is 2.30 bits per heavy atom. The molecule has 112 valence electrons. The van der Waals surface area contributed by atoms with E-state index in [9.17, 15) is 4.79 Å². The molecule has 1 saturated heterocycles. The number of nitrogens with one attached hydrogen (secondary N) is 2. The van der Waals surface area contributed by atoms with Crippen LogP contribution in [0.3, 0.4) is 0 Å². The summed E-state index contributed by atoms with van der Waals surface area (Å²) in [5, 5.41) is 6.92. The first-order valence-corrected chi connectivity index (χ1v) is 6.94. The van der Waals surface area contributed by atoms with Gasteiger partial charge in [0.25, 0.3) is 0 Å². The molecule has 1 heterocycles. The number of halogens is 2. The third-order valence-electron chi connectivity index (χ3n) is 3.28. The van der Waals surface area contributed by atoms with Gasteiger partial charge in [0.15, 0.2) is 0 Å². The molecule has 6 heteroatoms. The van der Waals surface area contributed by atoms with Gasteiger partial charge in [0, 0.05) is 36.4 Å². The highest BCUT2D eigenvalue weighted by molar-refractivity contribution is 6.31. The number of anilines is 1. The molecule has 0 radical (unpaired) electrons. The number of carbonyl (C=O) groups is 1. The lowest BCUT2D eigenvalue weighted by molar-refractivity contribution is -0.117. The zero-order chi connectivity index (χ0) is 13.8. The molecule has 0 bridgehead atoms. The largest absolute Gasteiger partial charge is 0.325 e. The Labute approximate surface area is 131 Å². The van der Waals surface area contributed by atoms with Crippen LogP contribution >= 0.6 is 24.0 Å². The first-order valence-electron chi connectivity index (χ1n) is 6.56. The van der Waals surface area contributed by atoms with Gasteiger partial charge in [0.1, 0.15) is 0 Å². The Bertz CT molecular complexity index is 468. The molecule has 1 amide bonds. The summed E-state index contributed by atoms with van der Waals surface area (Å²) in [5.41, 5.74) is 1.76. The lowest BCUT2D eigenvalue weighted by Crippen LogP contribution is -2.51. The van der Waals surface area contributed by atoms with Crippen molar-refractivity contribution in [1.82, 2.24) is 10.2 Å². The molecule has 1 aromatic rings. The van der Waals surface area contributed by atoms with Gasteiger partial charge in [-0.25, -0.2) is 0 Å². The highest BCUT2D eigenvalue weighted by atomic mass is 35.5. The van der Waals surface area contributed by atoms with E-state index in [-0.39, 0.29) is 18.3 Å². The van der Waals surface area contributed by atoms with E-state index in [0.717, 1.165) is 30.9 Å². The maximum absolute atomic E-state index is 12.0. The lowest BCUT2D eigenvalue weighted by atomic mass is 10.2. The minimum atomic E-state index is 0. The van der Waals surface area contributed by atoms with Crippen molar-refractivity contribution in [1.29, 1.82) is 0 Å². The van der Waals surface area contributed by atoms with Crippen molar-refractivity contribution in [2.24, 2.45) is 0 Å². The van der Waals surface area contributed by atoms with Gasteiger partial charge in [0.2, 0.25) is 5.91 Å². The first kappa shape index (κ1) is 17.2. The number of aryl methyl sites for hydroxylation is 1. The van der Waals surface area contributed by atoms with Gasteiger partial charge in [-0.05, 0) is 31.5 Å². The number of carbonyl (C=O) groups excluding carboxylic acids is 1. The van der Waals surface area contributed by atoms with Crippen LogP contribution in [0.5, 0.6) is 0 Å². The number of hydrogen-bond donors (Lipinski definition) is 2. The quantitative estimate of drug-likeness (QED) is 0.899. The van der Waals surface area contributed by atoms with Crippen LogP contribution in [-0.4, -0.2) is 43.0 Å². The monoisotopic (exact) mass is 317 g/mol. The van der Waals surface area contributed by atoms with E-state index in [1.54, 1.807) is 6.07 Å². The van der Waals surface area contributed by atoms with E-state index >= 15 is 0 Å². The van der Waals surface area contributed by atoms with E-state index in [2.05, 4.69) is 22.5 Å². The lowest BCUT2D eigenvalue weighted by Gasteiger charge is -2.31. The van der Waals surface area contributed by atoms with Gasteiger partial charge >= 0.3 is 0 Å².